The van der Waals surface area contributed by atoms with E-state index in [1.807, 2.05) is 60.7 Å². The number of aliphatic hydroxyl groups is 2. The van der Waals surface area contributed by atoms with Crippen molar-refractivity contribution in [2.75, 3.05) is 13.2 Å². The van der Waals surface area contributed by atoms with Crippen LogP contribution in [0.3, 0.4) is 0 Å². The van der Waals surface area contributed by atoms with Crippen LogP contribution in [0, 0.1) is 0 Å². The molecule has 2 nitrogen and oxygen atoms in total. The van der Waals surface area contributed by atoms with Gasteiger partial charge in [0.1, 0.15) is 0 Å². The normalized spacial score (nSPS) is 11.5. The Kier molecular flexibility index (Phi) is 8.43. The van der Waals surface area contributed by atoms with E-state index in [2.05, 4.69) is 0 Å². The molecule has 2 N–H and O–H groups in total. The Hall–Kier alpha value is -1.03. The van der Waals surface area contributed by atoms with E-state index in [1.165, 1.54) is 0 Å². The molecule has 0 fully saturated rings. The molecule has 0 spiro atoms. The first-order valence-electron chi connectivity index (χ1n) is 6.91. The van der Waals surface area contributed by atoms with Gasteiger partial charge in [0.05, 0.1) is 0 Å². The molecule has 108 valence electrons. The maximum atomic E-state index is 9.37. The van der Waals surface area contributed by atoms with Crippen LogP contribution in [0.5, 0.6) is 0 Å². The van der Waals surface area contributed by atoms with Crippen molar-refractivity contribution in [2.24, 2.45) is 0 Å². The van der Waals surface area contributed by atoms with E-state index < -0.39 is 0 Å². The van der Waals surface area contributed by atoms with Gasteiger partial charge in [0, 0.05) is 39.1 Å². The van der Waals surface area contributed by atoms with E-state index in [-0.39, 0.29) is 39.1 Å². The van der Waals surface area contributed by atoms with Crippen molar-refractivity contribution in [1.82, 2.24) is 0 Å². The Labute approximate surface area is 144 Å². The third-order valence-electron chi connectivity index (χ3n) is 3.33. The van der Waals surface area contributed by atoms with Crippen molar-refractivity contribution < 1.29 is 36.1 Å². The number of hydrogen-bond donors (Lipinski definition) is 2. The van der Waals surface area contributed by atoms with Crippen LogP contribution in [-0.2, 0) is 25.8 Å². The predicted molar refractivity (Wildman–Crippen MR) is 83.1 cm³/mol. The van der Waals surface area contributed by atoms with Crippen molar-refractivity contribution in [2.45, 2.75) is 12.8 Å². The van der Waals surface area contributed by atoms with E-state index in [1.54, 1.807) is 0 Å². The monoisotopic (exact) mass is 448 g/mol. The summed E-state index contributed by atoms with van der Waals surface area (Å²) in [5.74, 6) is 0. The van der Waals surface area contributed by atoms with Gasteiger partial charge in [-0.2, -0.15) is 0 Å². The first kappa shape index (κ1) is 18.0. The number of benzene rings is 2. The summed E-state index contributed by atoms with van der Waals surface area (Å²) in [7, 11) is 0. The maximum absolute atomic E-state index is 9.37. The van der Waals surface area contributed by atoms with Crippen LogP contribution < -0.4 is 0 Å². The van der Waals surface area contributed by atoms with E-state index in [4.69, 9.17) is 0 Å². The van der Waals surface area contributed by atoms with Crippen molar-refractivity contribution in [3.8, 4) is 0 Å². The van der Waals surface area contributed by atoms with E-state index in [0.29, 0.717) is 12.8 Å². The first-order valence-corrected chi connectivity index (χ1v) is 6.91. The molecule has 0 aliphatic carbocycles. The van der Waals surface area contributed by atoms with Crippen molar-refractivity contribution in [1.29, 1.82) is 0 Å². The quantitative estimate of drug-likeness (QED) is 0.528. The van der Waals surface area contributed by atoms with E-state index >= 15 is 0 Å². The van der Waals surface area contributed by atoms with Gasteiger partial charge in [0.15, 0.2) is 0 Å². The van der Waals surface area contributed by atoms with Crippen molar-refractivity contribution >= 4 is 11.1 Å². The largest absolute Gasteiger partial charge is 0.396 e. The molecule has 0 radical (unpaired) electrons. The van der Waals surface area contributed by atoms with Gasteiger partial charge in [0.2, 0.25) is 0 Å². The molecule has 21 heavy (non-hydrogen) atoms. The van der Waals surface area contributed by atoms with Crippen LogP contribution in [0.1, 0.15) is 24.0 Å². The zero-order valence-electron chi connectivity index (χ0n) is 12.0. The molecule has 3 heteroatoms. The van der Waals surface area contributed by atoms with E-state index in [9.17, 15) is 10.2 Å². The summed E-state index contributed by atoms with van der Waals surface area (Å²) in [5, 5.41) is 18.7. The van der Waals surface area contributed by atoms with Crippen LogP contribution >= 0.6 is 0 Å². The summed E-state index contributed by atoms with van der Waals surface area (Å²) in [6.45, 7) is 0.206. The van der Waals surface area contributed by atoms with Gasteiger partial charge < -0.3 is 10.2 Å². The molecule has 0 heterocycles. The fourth-order valence-electron chi connectivity index (χ4n) is 2.44. The Morgan fingerprint density at radius 2 is 0.952 bits per heavy atom. The van der Waals surface area contributed by atoms with E-state index in [0.717, 1.165) is 22.3 Å². The number of rotatable bonds is 6. The summed E-state index contributed by atoms with van der Waals surface area (Å²) < 4.78 is 0. The standard InChI is InChI=1S/C18H20O2.Hf/c19-13-11-17(15-7-3-1-4-8-15)18(12-14-20)16-9-5-2-6-10-16;/h1-10,19-20H,11-14H2;. The van der Waals surface area contributed by atoms with Crippen LogP contribution in [0.4, 0.5) is 0 Å². The topological polar surface area (TPSA) is 40.5 Å². The molecular weight excluding hydrogens is 427 g/mol. The Morgan fingerprint density at radius 1 is 0.619 bits per heavy atom. The minimum Gasteiger partial charge on any atom is -0.396 e. The molecule has 0 aliphatic heterocycles. The number of aliphatic hydroxyl groups excluding tert-OH is 2. The SMILES string of the molecule is OCCC(=C(CCO)c1ccccc1)c1ccccc1.[Hf]. The van der Waals surface area contributed by atoms with Gasteiger partial charge in [-0.05, 0) is 35.1 Å². The second kappa shape index (κ2) is 9.82. The second-order valence-electron chi connectivity index (χ2n) is 4.64. The summed E-state index contributed by atoms with van der Waals surface area (Å²) in [5.41, 5.74) is 4.42. The van der Waals surface area contributed by atoms with Gasteiger partial charge >= 0.3 is 0 Å². The van der Waals surface area contributed by atoms with Crippen LogP contribution in [0.15, 0.2) is 60.7 Å². The molecule has 0 aliphatic rings. The molecule has 0 amide bonds. The van der Waals surface area contributed by atoms with Gasteiger partial charge in [0.25, 0.3) is 0 Å². The number of hydrogen-bond acceptors (Lipinski definition) is 2. The average Bonchev–Trinajstić information content (AvgIpc) is 2.52. The van der Waals surface area contributed by atoms with Gasteiger partial charge in [-0.3, -0.25) is 0 Å². The zero-order valence-corrected chi connectivity index (χ0v) is 15.6. The zero-order chi connectivity index (χ0) is 14.2. The Bertz CT molecular complexity index is 498. The van der Waals surface area contributed by atoms with Gasteiger partial charge in [-0.1, -0.05) is 60.7 Å². The summed E-state index contributed by atoms with van der Waals surface area (Å²) >= 11 is 0. The first-order chi connectivity index (χ1) is 9.86. The summed E-state index contributed by atoms with van der Waals surface area (Å²) in [6, 6.07) is 20.1. The maximum Gasteiger partial charge on any atom is 0.0471 e. The molecule has 2 aromatic rings. The Morgan fingerprint density at radius 3 is 1.24 bits per heavy atom. The van der Waals surface area contributed by atoms with Gasteiger partial charge in [-0.15, -0.1) is 0 Å². The van der Waals surface area contributed by atoms with Gasteiger partial charge in [-0.25, -0.2) is 0 Å². The predicted octanol–water partition coefficient (Wildman–Crippen LogP) is 3.36. The van der Waals surface area contributed by atoms with Crippen LogP contribution in [-0.4, -0.2) is 23.4 Å². The third kappa shape index (κ3) is 5.03. The Balaban J connectivity index is 0.00000220. The third-order valence-corrected chi connectivity index (χ3v) is 3.33. The molecular formula is C18H20HfO2. The fourth-order valence-corrected chi connectivity index (χ4v) is 2.44. The molecule has 0 atom stereocenters. The summed E-state index contributed by atoms with van der Waals surface area (Å²) in [6.07, 6.45) is 1.18. The smallest absolute Gasteiger partial charge is 0.0471 e. The average molecular weight is 447 g/mol. The fraction of sp³-hybridized carbons (Fsp3) is 0.222. The second-order valence-corrected chi connectivity index (χ2v) is 4.64. The van der Waals surface area contributed by atoms with Crippen LogP contribution in [0.25, 0.3) is 11.1 Å². The molecule has 0 saturated carbocycles. The molecule has 0 bridgehead atoms. The summed E-state index contributed by atoms with van der Waals surface area (Å²) in [4.78, 5) is 0. The molecule has 0 saturated heterocycles. The molecule has 2 aromatic carbocycles. The minimum atomic E-state index is 0. The molecule has 0 unspecified atom stereocenters. The van der Waals surface area contributed by atoms with Crippen LogP contribution in [0.2, 0.25) is 0 Å². The van der Waals surface area contributed by atoms with Crippen molar-refractivity contribution in [3.63, 3.8) is 0 Å². The van der Waals surface area contributed by atoms with Crippen molar-refractivity contribution in [3.05, 3.63) is 71.8 Å². The minimum absolute atomic E-state index is 0. The molecule has 0 aromatic heterocycles. The molecule has 2 rings (SSSR count).